The van der Waals surface area contributed by atoms with Gasteiger partial charge in [0.1, 0.15) is 15.4 Å². The van der Waals surface area contributed by atoms with Gasteiger partial charge >= 0.3 is 5.97 Å². The molecule has 0 saturated carbocycles. The summed E-state index contributed by atoms with van der Waals surface area (Å²) in [5, 5.41) is 3.14. The molecule has 1 rings (SSSR count). The van der Waals surface area contributed by atoms with Crippen molar-refractivity contribution in [2.24, 2.45) is 0 Å². The Balaban J connectivity index is 2.86. The molecule has 1 aliphatic rings. The van der Waals surface area contributed by atoms with Gasteiger partial charge < -0.3 is 4.74 Å². The molecule has 0 aliphatic carbocycles. The first-order chi connectivity index (χ1) is 7.31. The minimum absolute atomic E-state index is 0.0435. The van der Waals surface area contributed by atoms with Crippen molar-refractivity contribution in [3.8, 4) is 0 Å². The summed E-state index contributed by atoms with van der Waals surface area (Å²) in [7, 11) is -1.65. The van der Waals surface area contributed by atoms with Gasteiger partial charge in [0.2, 0.25) is 0 Å². The largest absolute Gasteiger partial charge is 0.468 e. The molecular formula is C10H19NO4S. The Bertz CT molecular complexity index is 347. The van der Waals surface area contributed by atoms with Crippen LogP contribution in [0.1, 0.15) is 26.7 Å². The maximum atomic E-state index is 11.8. The van der Waals surface area contributed by atoms with Crippen molar-refractivity contribution >= 4 is 15.8 Å². The van der Waals surface area contributed by atoms with Crippen molar-refractivity contribution in [1.29, 1.82) is 0 Å². The number of rotatable bonds is 3. The standard InChI is InChI=1S/C10H19NO4S/c1-8(2)11-10(9(12)15-3)4-6-16(13,14)7-5-10/h8,11H,4-7H2,1-3H3. The van der Waals surface area contributed by atoms with Crippen LogP contribution in [-0.2, 0) is 19.4 Å². The molecule has 1 aliphatic heterocycles. The van der Waals surface area contributed by atoms with Gasteiger partial charge in [-0.1, -0.05) is 0 Å². The number of carbonyl (C=O) groups excluding carboxylic acids is 1. The second-order valence-corrected chi connectivity index (χ2v) is 6.83. The third kappa shape index (κ3) is 2.95. The summed E-state index contributed by atoms with van der Waals surface area (Å²) in [6, 6.07) is 0.111. The zero-order chi connectivity index (χ0) is 12.4. The fourth-order valence-corrected chi connectivity index (χ4v) is 3.56. The molecule has 94 valence electrons. The van der Waals surface area contributed by atoms with Crippen LogP contribution in [0.2, 0.25) is 0 Å². The van der Waals surface area contributed by atoms with Gasteiger partial charge in [-0.05, 0) is 26.7 Å². The van der Waals surface area contributed by atoms with Gasteiger partial charge in [-0.15, -0.1) is 0 Å². The van der Waals surface area contributed by atoms with Crippen molar-refractivity contribution in [2.75, 3.05) is 18.6 Å². The van der Waals surface area contributed by atoms with Crippen molar-refractivity contribution < 1.29 is 17.9 Å². The lowest BCUT2D eigenvalue weighted by atomic mass is 9.91. The van der Waals surface area contributed by atoms with E-state index in [1.165, 1.54) is 7.11 Å². The molecule has 0 bridgehead atoms. The van der Waals surface area contributed by atoms with E-state index >= 15 is 0 Å². The molecule has 0 amide bonds. The Morgan fingerprint density at radius 3 is 2.19 bits per heavy atom. The monoisotopic (exact) mass is 249 g/mol. The fraction of sp³-hybridized carbons (Fsp3) is 0.900. The molecular weight excluding hydrogens is 230 g/mol. The normalized spacial score (nSPS) is 23.0. The summed E-state index contributed by atoms with van der Waals surface area (Å²) in [5.41, 5.74) is -0.825. The van der Waals surface area contributed by atoms with Crippen LogP contribution in [0.15, 0.2) is 0 Å². The number of hydrogen-bond donors (Lipinski definition) is 1. The smallest absolute Gasteiger partial charge is 0.326 e. The summed E-state index contributed by atoms with van der Waals surface area (Å²) in [4.78, 5) is 11.8. The summed E-state index contributed by atoms with van der Waals surface area (Å²) in [6.45, 7) is 3.85. The molecule has 0 spiro atoms. The second kappa shape index (κ2) is 4.71. The minimum Gasteiger partial charge on any atom is -0.468 e. The minimum atomic E-state index is -2.98. The summed E-state index contributed by atoms with van der Waals surface area (Å²) in [6.07, 6.45) is 0.584. The van der Waals surface area contributed by atoms with E-state index in [0.717, 1.165) is 0 Å². The molecule has 1 N–H and O–H groups in total. The Kier molecular flexibility index (Phi) is 3.96. The van der Waals surface area contributed by atoms with Crippen LogP contribution < -0.4 is 5.32 Å². The highest BCUT2D eigenvalue weighted by atomic mass is 32.2. The lowest BCUT2D eigenvalue weighted by molar-refractivity contribution is -0.149. The number of carbonyl (C=O) groups is 1. The number of methoxy groups -OCH3 is 1. The van der Waals surface area contributed by atoms with E-state index in [0.29, 0.717) is 12.8 Å². The quantitative estimate of drug-likeness (QED) is 0.718. The van der Waals surface area contributed by atoms with Crippen molar-refractivity contribution in [3.63, 3.8) is 0 Å². The van der Waals surface area contributed by atoms with Gasteiger partial charge in [-0.25, -0.2) is 8.42 Å². The summed E-state index contributed by atoms with van der Waals surface area (Å²) in [5.74, 6) is -0.278. The molecule has 1 fully saturated rings. The lowest BCUT2D eigenvalue weighted by Gasteiger charge is -2.36. The zero-order valence-corrected chi connectivity index (χ0v) is 10.8. The van der Waals surface area contributed by atoms with Gasteiger partial charge in [0.25, 0.3) is 0 Å². The van der Waals surface area contributed by atoms with Crippen LogP contribution in [0.4, 0.5) is 0 Å². The zero-order valence-electron chi connectivity index (χ0n) is 9.95. The first-order valence-corrected chi connectivity index (χ1v) is 7.20. The summed E-state index contributed by atoms with van der Waals surface area (Å²) < 4.78 is 27.5. The second-order valence-electron chi connectivity index (χ2n) is 4.52. The maximum absolute atomic E-state index is 11.8. The molecule has 1 saturated heterocycles. The van der Waals surface area contributed by atoms with Crippen LogP contribution in [0.25, 0.3) is 0 Å². The Morgan fingerprint density at radius 2 is 1.81 bits per heavy atom. The molecule has 16 heavy (non-hydrogen) atoms. The first kappa shape index (κ1) is 13.4. The molecule has 5 nitrogen and oxygen atoms in total. The highest BCUT2D eigenvalue weighted by molar-refractivity contribution is 7.91. The van der Waals surface area contributed by atoms with Gasteiger partial charge in [-0.3, -0.25) is 10.1 Å². The van der Waals surface area contributed by atoms with E-state index in [-0.39, 0.29) is 23.5 Å². The summed E-state index contributed by atoms with van der Waals surface area (Å²) >= 11 is 0. The highest BCUT2D eigenvalue weighted by Crippen LogP contribution is 2.25. The number of esters is 1. The Morgan fingerprint density at radius 1 is 1.31 bits per heavy atom. The van der Waals surface area contributed by atoms with Gasteiger partial charge in [0.15, 0.2) is 0 Å². The molecule has 0 aromatic rings. The average Bonchev–Trinajstić information content (AvgIpc) is 2.20. The van der Waals surface area contributed by atoms with E-state index in [1.54, 1.807) is 0 Å². The number of hydrogen-bond acceptors (Lipinski definition) is 5. The van der Waals surface area contributed by atoms with Crippen LogP contribution in [0.3, 0.4) is 0 Å². The Labute approximate surface area is 96.5 Å². The topological polar surface area (TPSA) is 72.5 Å². The predicted molar refractivity (Wildman–Crippen MR) is 60.9 cm³/mol. The maximum Gasteiger partial charge on any atom is 0.326 e. The number of nitrogens with one attached hydrogen (secondary N) is 1. The SMILES string of the molecule is COC(=O)C1(NC(C)C)CCS(=O)(=O)CC1. The van der Waals surface area contributed by atoms with E-state index in [4.69, 9.17) is 4.74 Å². The van der Waals surface area contributed by atoms with Crippen LogP contribution >= 0.6 is 0 Å². The van der Waals surface area contributed by atoms with Crippen LogP contribution in [-0.4, -0.2) is 44.6 Å². The molecule has 0 radical (unpaired) electrons. The molecule has 0 aromatic heterocycles. The third-order valence-electron chi connectivity index (χ3n) is 2.82. The predicted octanol–water partition coefficient (Wildman–Crippen LogP) is 0.105. The van der Waals surface area contributed by atoms with Gasteiger partial charge in [-0.2, -0.15) is 0 Å². The average molecular weight is 249 g/mol. The molecule has 0 aromatic carbocycles. The lowest BCUT2D eigenvalue weighted by Crippen LogP contribution is -2.59. The molecule has 6 heteroatoms. The molecule has 0 atom stereocenters. The molecule has 1 heterocycles. The number of ether oxygens (including phenoxy) is 1. The highest BCUT2D eigenvalue weighted by Gasteiger charge is 2.44. The van der Waals surface area contributed by atoms with Crippen molar-refractivity contribution in [2.45, 2.75) is 38.3 Å². The van der Waals surface area contributed by atoms with E-state index in [1.807, 2.05) is 13.8 Å². The van der Waals surface area contributed by atoms with Gasteiger partial charge in [0, 0.05) is 6.04 Å². The van der Waals surface area contributed by atoms with Crippen LogP contribution in [0, 0.1) is 0 Å². The van der Waals surface area contributed by atoms with Crippen molar-refractivity contribution in [3.05, 3.63) is 0 Å². The van der Waals surface area contributed by atoms with E-state index in [9.17, 15) is 13.2 Å². The first-order valence-electron chi connectivity index (χ1n) is 5.38. The van der Waals surface area contributed by atoms with Crippen molar-refractivity contribution in [1.82, 2.24) is 5.32 Å². The van der Waals surface area contributed by atoms with Crippen LogP contribution in [0.5, 0.6) is 0 Å². The fourth-order valence-electron chi connectivity index (χ4n) is 2.04. The van der Waals surface area contributed by atoms with E-state index < -0.39 is 15.4 Å². The Hall–Kier alpha value is -0.620. The van der Waals surface area contributed by atoms with Gasteiger partial charge in [0.05, 0.1) is 18.6 Å². The number of sulfone groups is 1. The third-order valence-corrected chi connectivity index (χ3v) is 4.47. The van der Waals surface area contributed by atoms with E-state index in [2.05, 4.69) is 5.32 Å². The molecule has 0 unspecified atom stereocenters.